The predicted molar refractivity (Wildman–Crippen MR) is 86.4 cm³/mol. The monoisotopic (exact) mass is 303 g/mol. The van der Waals surface area contributed by atoms with Crippen LogP contribution in [0.5, 0.6) is 0 Å². The molecule has 0 unspecified atom stereocenters. The van der Waals surface area contributed by atoms with E-state index in [-0.39, 0.29) is 5.97 Å². The van der Waals surface area contributed by atoms with Gasteiger partial charge in [0.15, 0.2) is 0 Å². The molecule has 0 bridgehead atoms. The zero-order chi connectivity index (χ0) is 15.1. The molecule has 0 saturated heterocycles. The number of fused-ring (bicyclic) bond motifs is 3. The standard InChI is InChI=1S/C15H17N3O2S/c1-5-20-15(19)14-12-9(8-21-14)6-11(17(2)3)10-7-16-18(4)13(10)12/h6-8H,5H2,1-4H3. The lowest BCUT2D eigenvalue weighted by Gasteiger charge is -2.14. The Morgan fingerprint density at radius 2 is 2.24 bits per heavy atom. The Morgan fingerprint density at radius 1 is 1.48 bits per heavy atom. The van der Waals surface area contributed by atoms with Crippen LogP contribution in [0.15, 0.2) is 17.6 Å². The highest BCUT2D eigenvalue weighted by atomic mass is 32.1. The van der Waals surface area contributed by atoms with Gasteiger partial charge in [0.2, 0.25) is 0 Å². The number of hydrogen-bond donors (Lipinski definition) is 0. The molecule has 0 atom stereocenters. The number of rotatable bonds is 3. The summed E-state index contributed by atoms with van der Waals surface area (Å²) in [6.45, 7) is 2.19. The van der Waals surface area contributed by atoms with Gasteiger partial charge in [-0.3, -0.25) is 4.68 Å². The van der Waals surface area contributed by atoms with Crippen LogP contribution in [0.1, 0.15) is 16.6 Å². The average Bonchev–Trinajstić information content (AvgIpc) is 3.01. The highest BCUT2D eigenvalue weighted by Crippen LogP contribution is 2.38. The summed E-state index contributed by atoms with van der Waals surface area (Å²) < 4.78 is 6.99. The van der Waals surface area contributed by atoms with Crippen molar-refractivity contribution in [1.82, 2.24) is 9.78 Å². The molecule has 0 N–H and O–H groups in total. The molecule has 0 aliphatic rings. The van der Waals surface area contributed by atoms with E-state index in [1.54, 1.807) is 0 Å². The van der Waals surface area contributed by atoms with Crippen LogP contribution in [0.25, 0.3) is 21.7 Å². The summed E-state index contributed by atoms with van der Waals surface area (Å²) in [4.78, 5) is 14.9. The minimum atomic E-state index is -0.266. The number of aromatic nitrogens is 2. The van der Waals surface area contributed by atoms with Gasteiger partial charge in [0.1, 0.15) is 4.88 Å². The Kier molecular flexibility index (Phi) is 3.33. The van der Waals surface area contributed by atoms with Crippen molar-refractivity contribution in [1.29, 1.82) is 0 Å². The van der Waals surface area contributed by atoms with Crippen molar-refractivity contribution in [3.8, 4) is 0 Å². The van der Waals surface area contributed by atoms with Crippen molar-refractivity contribution >= 4 is 44.7 Å². The third-order valence-corrected chi connectivity index (χ3v) is 4.48. The summed E-state index contributed by atoms with van der Waals surface area (Å²) in [5.74, 6) is -0.266. The van der Waals surface area contributed by atoms with E-state index < -0.39 is 0 Å². The second-order valence-electron chi connectivity index (χ2n) is 5.07. The Balaban J connectivity index is 2.39. The maximum Gasteiger partial charge on any atom is 0.349 e. The summed E-state index contributed by atoms with van der Waals surface area (Å²) >= 11 is 1.42. The number of benzene rings is 1. The van der Waals surface area contributed by atoms with Crippen LogP contribution in [0.3, 0.4) is 0 Å². The number of aryl methyl sites for hydroxylation is 1. The van der Waals surface area contributed by atoms with E-state index in [0.717, 1.165) is 27.4 Å². The lowest BCUT2D eigenvalue weighted by atomic mass is 10.1. The van der Waals surface area contributed by atoms with Gasteiger partial charge in [-0.15, -0.1) is 11.3 Å². The smallest absolute Gasteiger partial charge is 0.349 e. The van der Waals surface area contributed by atoms with E-state index in [9.17, 15) is 4.79 Å². The topological polar surface area (TPSA) is 47.4 Å². The Bertz CT molecular complexity index is 832. The van der Waals surface area contributed by atoms with E-state index in [4.69, 9.17) is 4.74 Å². The first kappa shape index (κ1) is 13.9. The number of carbonyl (C=O) groups excluding carboxylic acids is 1. The fraction of sp³-hybridized carbons (Fsp3) is 0.333. The first-order valence-electron chi connectivity index (χ1n) is 6.75. The van der Waals surface area contributed by atoms with E-state index in [1.165, 1.54) is 11.3 Å². The largest absolute Gasteiger partial charge is 0.462 e. The van der Waals surface area contributed by atoms with Crippen molar-refractivity contribution < 1.29 is 9.53 Å². The maximum atomic E-state index is 12.2. The van der Waals surface area contributed by atoms with E-state index >= 15 is 0 Å². The molecule has 0 saturated carbocycles. The molecule has 0 radical (unpaired) electrons. The molecule has 0 aliphatic heterocycles. The van der Waals surface area contributed by atoms with Crippen LogP contribution >= 0.6 is 11.3 Å². The zero-order valence-corrected chi connectivity index (χ0v) is 13.3. The average molecular weight is 303 g/mol. The van der Waals surface area contributed by atoms with Crippen LogP contribution in [0, 0.1) is 0 Å². The molecule has 1 aromatic carbocycles. The number of thiophene rings is 1. The van der Waals surface area contributed by atoms with Gasteiger partial charge in [-0.25, -0.2) is 4.79 Å². The molecule has 3 aromatic rings. The van der Waals surface area contributed by atoms with Crippen molar-refractivity contribution in [2.75, 3.05) is 25.6 Å². The molecule has 6 heteroatoms. The molecular weight excluding hydrogens is 286 g/mol. The third kappa shape index (κ3) is 2.06. The van der Waals surface area contributed by atoms with E-state index in [1.807, 2.05) is 44.3 Å². The van der Waals surface area contributed by atoms with E-state index in [2.05, 4.69) is 16.1 Å². The second kappa shape index (κ2) is 5.04. The lowest BCUT2D eigenvalue weighted by Crippen LogP contribution is -2.09. The van der Waals surface area contributed by atoms with Crippen LogP contribution in [0.2, 0.25) is 0 Å². The van der Waals surface area contributed by atoms with Crippen molar-refractivity contribution in [3.63, 3.8) is 0 Å². The molecule has 2 aromatic heterocycles. The Morgan fingerprint density at radius 3 is 2.90 bits per heavy atom. The molecule has 0 amide bonds. The van der Waals surface area contributed by atoms with Crippen LogP contribution in [-0.2, 0) is 11.8 Å². The molecule has 2 heterocycles. The highest BCUT2D eigenvalue weighted by Gasteiger charge is 2.20. The van der Waals surface area contributed by atoms with E-state index in [0.29, 0.717) is 11.5 Å². The van der Waals surface area contributed by atoms with Crippen LogP contribution < -0.4 is 4.90 Å². The fourth-order valence-corrected chi connectivity index (χ4v) is 3.50. The third-order valence-electron chi connectivity index (χ3n) is 3.51. The normalized spacial score (nSPS) is 11.2. The summed E-state index contributed by atoms with van der Waals surface area (Å²) in [6.07, 6.45) is 1.84. The highest BCUT2D eigenvalue weighted by molar-refractivity contribution is 7.14. The molecule has 0 aliphatic carbocycles. The van der Waals surface area contributed by atoms with Crippen molar-refractivity contribution in [2.45, 2.75) is 6.92 Å². The minimum Gasteiger partial charge on any atom is -0.462 e. The molecule has 5 nitrogen and oxygen atoms in total. The van der Waals surface area contributed by atoms with Crippen molar-refractivity contribution in [2.24, 2.45) is 7.05 Å². The lowest BCUT2D eigenvalue weighted by molar-refractivity contribution is 0.0534. The zero-order valence-electron chi connectivity index (χ0n) is 12.5. The second-order valence-corrected chi connectivity index (χ2v) is 5.95. The van der Waals surface area contributed by atoms with Gasteiger partial charge in [0, 0.05) is 37.6 Å². The van der Waals surface area contributed by atoms with Gasteiger partial charge in [0.05, 0.1) is 18.3 Å². The Labute approximate surface area is 126 Å². The van der Waals surface area contributed by atoms with Gasteiger partial charge in [0.25, 0.3) is 0 Å². The summed E-state index contributed by atoms with van der Waals surface area (Å²) in [6, 6.07) is 2.10. The van der Waals surface area contributed by atoms with Gasteiger partial charge < -0.3 is 9.64 Å². The first-order valence-corrected chi connectivity index (χ1v) is 7.63. The molecule has 0 spiro atoms. The van der Waals surface area contributed by atoms with Gasteiger partial charge in [-0.1, -0.05) is 0 Å². The number of hydrogen-bond acceptors (Lipinski definition) is 5. The van der Waals surface area contributed by atoms with Crippen molar-refractivity contribution in [3.05, 3.63) is 22.5 Å². The summed E-state index contributed by atoms with van der Waals surface area (Å²) in [5, 5.41) is 9.37. The van der Waals surface area contributed by atoms with Gasteiger partial charge in [-0.2, -0.15) is 5.10 Å². The quantitative estimate of drug-likeness (QED) is 0.698. The summed E-state index contributed by atoms with van der Waals surface area (Å²) in [5.41, 5.74) is 2.07. The number of ether oxygens (including phenoxy) is 1. The van der Waals surface area contributed by atoms with Crippen LogP contribution in [-0.4, -0.2) is 36.5 Å². The molecule has 21 heavy (non-hydrogen) atoms. The molecular formula is C15H17N3O2S. The number of nitrogens with zero attached hydrogens (tertiary/aromatic N) is 3. The first-order chi connectivity index (χ1) is 10.0. The predicted octanol–water partition coefficient (Wildman–Crippen LogP) is 3.03. The summed E-state index contributed by atoms with van der Waals surface area (Å²) in [7, 11) is 5.91. The SMILES string of the molecule is CCOC(=O)c1scc2cc(N(C)C)c3cnn(C)c3c12. The molecule has 3 rings (SSSR count). The Hall–Kier alpha value is -2.08. The fourth-order valence-electron chi connectivity index (χ4n) is 2.59. The molecule has 0 fully saturated rings. The maximum absolute atomic E-state index is 12.2. The van der Waals surface area contributed by atoms with Gasteiger partial charge in [-0.05, 0) is 23.8 Å². The number of esters is 1. The van der Waals surface area contributed by atoms with Gasteiger partial charge >= 0.3 is 5.97 Å². The number of anilines is 1. The van der Waals surface area contributed by atoms with Crippen LogP contribution in [0.4, 0.5) is 5.69 Å². The minimum absolute atomic E-state index is 0.266. The number of carbonyl (C=O) groups is 1. The molecule has 110 valence electrons.